The zero-order valence-electron chi connectivity index (χ0n) is 18.1. The molecule has 158 valence electrons. The first kappa shape index (κ1) is 23.4. The van der Waals surface area contributed by atoms with Crippen molar-refractivity contribution >= 4 is 21.8 Å². The van der Waals surface area contributed by atoms with Gasteiger partial charge in [0.05, 0.1) is 5.52 Å². The van der Waals surface area contributed by atoms with Gasteiger partial charge in [0.1, 0.15) is 30.2 Å². The second-order valence-electron chi connectivity index (χ2n) is 7.92. The molecule has 6 heteroatoms. The van der Waals surface area contributed by atoms with E-state index in [1.807, 2.05) is 24.3 Å². The molecule has 2 aromatic carbocycles. The Balaban J connectivity index is 0.00000300. The van der Waals surface area contributed by atoms with E-state index in [2.05, 4.69) is 70.0 Å². The minimum atomic E-state index is 0. The van der Waals surface area contributed by atoms with Crippen LogP contribution >= 0.6 is 0 Å². The third-order valence-electron chi connectivity index (χ3n) is 5.31. The fourth-order valence-corrected chi connectivity index (χ4v) is 2.75. The Hall–Kier alpha value is -1.85. The summed E-state index contributed by atoms with van der Waals surface area (Å²) >= 11 is 0. The van der Waals surface area contributed by atoms with Gasteiger partial charge in [-0.05, 0) is 72.4 Å². The predicted octanol–water partition coefficient (Wildman–Crippen LogP) is 4.04. The molecule has 0 aliphatic carbocycles. The number of aromatic nitrogens is 1. The molecule has 3 aromatic rings. The average molecular weight is 437 g/mol. The van der Waals surface area contributed by atoms with E-state index in [1.54, 1.807) is 0 Å². The van der Waals surface area contributed by atoms with Crippen LogP contribution in [0.2, 0.25) is 0 Å². The van der Waals surface area contributed by atoms with E-state index in [9.17, 15) is 0 Å². The molecule has 0 N–H and O–H groups in total. The summed E-state index contributed by atoms with van der Waals surface area (Å²) in [6.45, 7) is 5.58. The molecular weight excluding hydrogens is 406 g/mol. The fourth-order valence-electron chi connectivity index (χ4n) is 2.75. The van der Waals surface area contributed by atoms with Crippen LogP contribution in [0.25, 0.3) is 21.8 Å². The number of ether oxygens (including phenoxy) is 2. The van der Waals surface area contributed by atoms with E-state index >= 15 is 0 Å². The molecule has 2 unspecified atom stereocenters. The van der Waals surface area contributed by atoms with Crippen LogP contribution in [0.15, 0.2) is 42.5 Å². The Morgan fingerprint density at radius 3 is 2.14 bits per heavy atom. The topological polar surface area (TPSA) is 37.8 Å². The quantitative estimate of drug-likeness (QED) is 0.393. The molecule has 29 heavy (non-hydrogen) atoms. The Bertz CT molecular complexity index is 945. The minimum absolute atomic E-state index is 0. The van der Waals surface area contributed by atoms with Gasteiger partial charge in [0.25, 0.3) is 0 Å². The maximum absolute atomic E-state index is 6.07. The van der Waals surface area contributed by atoms with E-state index in [0.29, 0.717) is 25.3 Å². The largest absolute Gasteiger partial charge is 0.492 e. The van der Waals surface area contributed by atoms with Crippen LogP contribution < -0.4 is 9.47 Å². The van der Waals surface area contributed by atoms with Gasteiger partial charge in [-0.25, -0.2) is 4.98 Å². The first-order valence-corrected chi connectivity index (χ1v) is 9.77. The number of likely N-dealkylation sites (N-methyl/N-ethyl adjacent to an activating group) is 2. The monoisotopic (exact) mass is 437 g/mol. The Morgan fingerprint density at radius 2 is 1.48 bits per heavy atom. The third-order valence-corrected chi connectivity index (χ3v) is 5.31. The maximum Gasteiger partial charge on any atom is 0.145 e. The van der Waals surface area contributed by atoms with Crippen molar-refractivity contribution in [3.8, 4) is 11.5 Å². The number of hydrogen-bond acceptors (Lipinski definition) is 5. The van der Waals surface area contributed by atoms with Crippen LogP contribution in [0.1, 0.15) is 13.8 Å². The van der Waals surface area contributed by atoms with Gasteiger partial charge in [0.2, 0.25) is 0 Å². The molecule has 0 bridgehead atoms. The molecular formula is C23H31FeN3O2. The standard InChI is InChI=1S/C23H31N3O2.Fe/c1-16(25(3)4)14-27-20-10-11-21-19(13-20)12-18-8-7-9-22(23(18)24-21)28-15-17(2)26(5)6;/h7-13,16-17H,14-15H2,1-6H3;. The summed E-state index contributed by atoms with van der Waals surface area (Å²) in [6.07, 6.45) is 0. The summed E-state index contributed by atoms with van der Waals surface area (Å²) in [5.74, 6) is 1.70. The Morgan fingerprint density at radius 1 is 0.828 bits per heavy atom. The van der Waals surface area contributed by atoms with Gasteiger partial charge < -0.3 is 19.3 Å². The summed E-state index contributed by atoms with van der Waals surface area (Å²) in [7, 11) is 8.23. The Labute approximate surface area is 184 Å². The summed E-state index contributed by atoms with van der Waals surface area (Å²) in [6, 6.07) is 15.0. The predicted molar refractivity (Wildman–Crippen MR) is 117 cm³/mol. The zero-order valence-corrected chi connectivity index (χ0v) is 19.2. The zero-order chi connectivity index (χ0) is 20.3. The van der Waals surface area contributed by atoms with Crippen LogP contribution in [0.4, 0.5) is 0 Å². The van der Waals surface area contributed by atoms with Crippen molar-refractivity contribution in [3.63, 3.8) is 0 Å². The van der Waals surface area contributed by atoms with Crippen molar-refractivity contribution in [3.05, 3.63) is 42.5 Å². The van der Waals surface area contributed by atoms with Crippen LogP contribution in [0.5, 0.6) is 11.5 Å². The summed E-state index contributed by atoms with van der Waals surface area (Å²) in [5.41, 5.74) is 1.84. The first-order valence-electron chi connectivity index (χ1n) is 9.77. The number of fused-ring (bicyclic) bond motifs is 2. The second-order valence-corrected chi connectivity index (χ2v) is 7.92. The number of nitrogens with zero attached hydrogens (tertiary/aromatic N) is 3. The molecule has 1 heterocycles. The van der Waals surface area contributed by atoms with Gasteiger partial charge >= 0.3 is 0 Å². The van der Waals surface area contributed by atoms with E-state index < -0.39 is 0 Å². The molecule has 0 saturated heterocycles. The van der Waals surface area contributed by atoms with Crippen molar-refractivity contribution in [2.45, 2.75) is 25.9 Å². The van der Waals surface area contributed by atoms with Crippen molar-refractivity contribution in [1.82, 2.24) is 14.8 Å². The molecule has 2 atom stereocenters. The van der Waals surface area contributed by atoms with Gasteiger partial charge in [0, 0.05) is 39.9 Å². The van der Waals surface area contributed by atoms with E-state index in [0.717, 1.165) is 33.3 Å². The van der Waals surface area contributed by atoms with Crippen molar-refractivity contribution < 1.29 is 26.5 Å². The van der Waals surface area contributed by atoms with Crippen molar-refractivity contribution in [2.24, 2.45) is 0 Å². The summed E-state index contributed by atoms with van der Waals surface area (Å²) in [4.78, 5) is 9.16. The third kappa shape index (κ3) is 5.83. The number of benzene rings is 2. The number of para-hydroxylation sites is 1. The van der Waals surface area contributed by atoms with Crippen LogP contribution in [-0.4, -0.2) is 68.3 Å². The molecule has 1 aromatic heterocycles. The van der Waals surface area contributed by atoms with Gasteiger partial charge in [-0.15, -0.1) is 0 Å². The smallest absolute Gasteiger partial charge is 0.145 e. The van der Waals surface area contributed by atoms with Gasteiger partial charge in [-0.2, -0.15) is 0 Å². The number of rotatable bonds is 8. The molecule has 0 aliphatic rings. The molecule has 0 aliphatic heterocycles. The average Bonchev–Trinajstić information content (AvgIpc) is 2.68. The number of hydrogen-bond donors (Lipinski definition) is 0. The fraction of sp³-hybridized carbons (Fsp3) is 0.435. The van der Waals surface area contributed by atoms with Crippen molar-refractivity contribution in [1.29, 1.82) is 0 Å². The van der Waals surface area contributed by atoms with Gasteiger partial charge in [-0.1, -0.05) is 12.1 Å². The van der Waals surface area contributed by atoms with Crippen LogP contribution in [-0.2, 0) is 17.1 Å². The van der Waals surface area contributed by atoms with Crippen LogP contribution in [0, 0.1) is 0 Å². The maximum atomic E-state index is 6.07. The SMILES string of the molecule is CC(COc1ccc2nc3c(OCC(C)N(C)C)cccc3cc2c1)N(C)C.[Fe]. The summed E-state index contributed by atoms with van der Waals surface area (Å²) in [5, 5.41) is 2.14. The minimum Gasteiger partial charge on any atom is -0.492 e. The molecule has 0 spiro atoms. The number of pyridine rings is 1. The molecule has 5 nitrogen and oxygen atoms in total. The molecule has 0 radical (unpaired) electrons. The first-order chi connectivity index (χ1) is 13.3. The van der Waals surface area contributed by atoms with Crippen LogP contribution in [0.3, 0.4) is 0 Å². The molecule has 3 rings (SSSR count). The normalized spacial score (nSPS) is 13.5. The van der Waals surface area contributed by atoms with Gasteiger partial charge in [-0.3, -0.25) is 0 Å². The van der Waals surface area contributed by atoms with E-state index in [-0.39, 0.29) is 17.1 Å². The summed E-state index contributed by atoms with van der Waals surface area (Å²) < 4.78 is 12.0. The van der Waals surface area contributed by atoms with E-state index in [1.165, 1.54) is 0 Å². The molecule has 0 amide bonds. The Kier molecular flexibility index (Phi) is 8.29. The van der Waals surface area contributed by atoms with Crippen molar-refractivity contribution in [2.75, 3.05) is 41.4 Å². The molecule has 0 saturated carbocycles. The van der Waals surface area contributed by atoms with E-state index in [4.69, 9.17) is 14.5 Å². The molecule has 0 fully saturated rings. The second kappa shape index (κ2) is 10.3. The van der Waals surface area contributed by atoms with Gasteiger partial charge in [0.15, 0.2) is 0 Å².